The van der Waals surface area contributed by atoms with Gasteiger partial charge in [-0.3, -0.25) is 4.79 Å². The molecule has 9 heteroatoms. The number of ether oxygens (including phenoxy) is 2. The van der Waals surface area contributed by atoms with Crippen molar-refractivity contribution in [3.05, 3.63) is 41.7 Å². The zero-order valence-corrected chi connectivity index (χ0v) is 19.4. The molecule has 1 aromatic rings. The minimum Gasteiger partial charge on any atom is -0.508 e. The van der Waals surface area contributed by atoms with Crippen LogP contribution in [0.25, 0.3) is 0 Å². The van der Waals surface area contributed by atoms with Gasteiger partial charge >= 0.3 is 0 Å². The molecule has 1 saturated heterocycles. The summed E-state index contributed by atoms with van der Waals surface area (Å²) in [6.07, 6.45) is -1.89. The molecule has 34 heavy (non-hydrogen) atoms. The molecule has 1 heterocycles. The standard InChI is InChI=1S/C25H35FO8/c1-2-20(33-25-24(32)23(31)22(26)21(15-28)34-25)13-19(30)12-17(14-27)7-5-3-4-6-16-8-10-18(29)11-9-16/h8-11,13-14,17,21-25,28-29,31-32H,2-7,12,15H2,1H3/b20-13+. The van der Waals surface area contributed by atoms with Gasteiger partial charge in [0.05, 0.1) is 6.61 Å². The van der Waals surface area contributed by atoms with Gasteiger partial charge in [-0.2, -0.15) is 0 Å². The van der Waals surface area contributed by atoms with Gasteiger partial charge in [0.25, 0.3) is 0 Å². The lowest BCUT2D eigenvalue weighted by Crippen LogP contribution is -2.57. The van der Waals surface area contributed by atoms with E-state index in [1.54, 1.807) is 19.1 Å². The molecular formula is C25H35FO8. The van der Waals surface area contributed by atoms with E-state index >= 15 is 0 Å². The zero-order valence-electron chi connectivity index (χ0n) is 19.4. The number of halogens is 1. The van der Waals surface area contributed by atoms with Crippen LogP contribution in [0.3, 0.4) is 0 Å². The molecule has 0 radical (unpaired) electrons. The van der Waals surface area contributed by atoms with Crippen molar-refractivity contribution >= 4 is 12.1 Å². The number of benzene rings is 1. The Labute approximate surface area is 199 Å². The maximum Gasteiger partial charge on any atom is 0.228 e. The molecule has 1 aromatic carbocycles. The summed E-state index contributed by atoms with van der Waals surface area (Å²) in [6.45, 7) is 1.00. The predicted molar refractivity (Wildman–Crippen MR) is 122 cm³/mol. The van der Waals surface area contributed by atoms with Crippen molar-refractivity contribution in [2.75, 3.05) is 6.61 Å². The van der Waals surface area contributed by atoms with Crippen molar-refractivity contribution in [3.63, 3.8) is 0 Å². The molecule has 0 bridgehead atoms. The molecule has 1 fully saturated rings. The summed E-state index contributed by atoms with van der Waals surface area (Å²) in [4.78, 5) is 23.9. The number of aliphatic hydroxyl groups is 3. The van der Waals surface area contributed by atoms with E-state index in [-0.39, 0.29) is 30.1 Å². The third-order valence-corrected chi connectivity index (χ3v) is 5.87. The number of allylic oxidation sites excluding steroid dienone is 2. The molecule has 0 spiro atoms. The molecule has 1 aliphatic rings. The first-order chi connectivity index (χ1) is 16.3. The van der Waals surface area contributed by atoms with Crippen LogP contribution in [0.2, 0.25) is 0 Å². The molecule has 6 atom stereocenters. The summed E-state index contributed by atoms with van der Waals surface area (Å²) in [5.74, 6) is -0.365. The Morgan fingerprint density at radius 1 is 1.18 bits per heavy atom. The maximum absolute atomic E-state index is 13.9. The number of phenols is 1. The van der Waals surface area contributed by atoms with Crippen molar-refractivity contribution < 1.29 is 43.9 Å². The second-order valence-corrected chi connectivity index (χ2v) is 8.57. The number of aryl methyl sites for hydroxylation is 1. The fourth-order valence-corrected chi connectivity index (χ4v) is 3.80. The number of aldehydes is 1. The van der Waals surface area contributed by atoms with E-state index in [0.717, 1.165) is 37.5 Å². The van der Waals surface area contributed by atoms with Gasteiger partial charge < -0.3 is 34.7 Å². The van der Waals surface area contributed by atoms with E-state index in [0.29, 0.717) is 6.42 Å². The Morgan fingerprint density at radius 2 is 1.88 bits per heavy atom. The van der Waals surface area contributed by atoms with Crippen LogP contribution in [0.15, 0.2) is 36.1 Å². The monoisotopic (exact) mass is 482 g/mol. The quantitative estimate of drug-likeness (QED) is 0.137. The van der Waals surface area contributed by atoms with Gasteiger partial charge in [0.15, 0.2) is 12.0 Å². The van der Waals surface area contributed by atoms with E-state index in [4.69, 9.17) is 9.47 Å². The highest BCUT2D eigenvalue weighted by atomic mass is 19.1. The van der Waals surface area contributed by atoms with Crippen LogP contribution in [0.1, 0.15) is 51.0 Å². The summed E-state index contributed by atoms with van der Waals surface area (Å²) >= 11 is 0. The Kier molecular flexibility index (Phi) is 11.6. The minimum atomic E-state index is -1.97. The van der Waals surface area contributed by atoms with Gasteiger partial charge in [0.1, 0.15) is 36.1 Å². The molecule has 4 N–H and O–H groups in total. The van der Waals surface area contributed by atoms with E-state index in [1.165, 1.54) is 6.08 Å². The number of ketones is 1. The number of alkyl halides is 1. The maximum atomic E-state index is 13.9. The van der Waals surface area contributed by atoms with Crippen LogP contribution in [0, 0.1) is 5.92 Å². The van der Waals surface area contributed by atoms with Crippen LogP contribution in [0.5, 0.6) is 5.75 Å². The smallest absolute Gasteiger partial charge is 0.228 e. The van der Waals surface area contributed by atoms with Gasteiger partial charge in [-0.05, 0) is 37.0 Å². The van der Waals surface area contributed by atoms with Crippen LogP contribution in [-0.2, 0) is 25.5 Å². The van der Waals surface area contributed by atoms with Gasteiger partial charge in [0.2, 0.25) is 6.29 Å². The molecule has 0 aromatic heterocycles. The summed E-state index contributed by atoms with van der Waals surface area (Å²) < 4.78 is 24.5. The van der Waals surface area contributed by atoms with Crippen molar-refractivity contribution in [1.82, 2.24) is 0 Å². The van der Waals surface area contributed by atoms with Crippen LogP contribution >= 0.6 is 0 Å². The second-order valence-electron chi connectivity index (χ2n) is 8.57. The predicted octanol–water partition coefficient (Wildman–Crippen LogP) is 2.36. The summed E-state index contributed by atoms with van der Waals surface area (Å²) in [6, 6.07) is 7.05. The zero-order chi connectivity index (χ0) is 25.1. The number of phenolic OH excluding ortho intramolecular Hbond substituents is 1. The Bertz CT molecular complexity index is 795. The first-order valence-corrected chi connectivity index (χ1v) is 11.7. The number of rotatable bonds is 14. The van der Waals surface area contributed by atoms with Gasteiger partial charge in [-0.15, -0.1) is 0 Å². The topological polar surface area (TPSA) is 134 Å². The van der Waals surface area contributed by atoms with Gasteiger partial charge in [-0.25, -0.2) is 4.39 Å². The Hall–Kier alpha value is -2.33. The lowest BCUT2D eigenvalue weighted by atomic mass is 9.96. The molecule has 0 amide bonds. The second kappa shape index (κ2) is 14.2. The van der Waals surface area contributed by atoms with Gasteiger partial charge in [-0.1, -0.05) is 31.9 Å². The number of hydrogen-bond donors (Lipinski definition) is 4. The molecule has 6 unspecified atom stereocenters. The highest BCUT2D eigenvalue weighted by Gasteiger charge is 2.46. The summed E-state index contributed by atoms with van der Waals surface area (Å²) in [5.41, 5.74) is 1.13. The normalized spacial score (nSPS) is 26.1. The number of carbonyl (C=O) groups is 2. The highest BCUT2D eigenvalue weighted by Crippen LogP contribution is 2.26. The molecule has 8 nitrogen and oxygen atoms in total. The van der Waals surface area contributed by atoms with E-state index in [1.807, 2.05) is 12.1 Å². The average molecular weight is 483 g/mol. The van der Waals surface area contributed by atoms with E-state index in [2.05, 4.69) is 0 Å². The van der Waals surface area contributed by atoms with E-state index in [9.17, 15) is 34.4 Å². The van der Waals surface area contributed by atoms with Crippen LogP contribution < -0.4 is 0 Å². The van der Waals surface area contributed by atoms with Crippen LogP contribution in [0.4, 0.5) is 4.39 Å². The molecular weight excluding hydrogens is 447 g/mol. The molecule has 0 saturated carbocycles. The van der Waals surface area contributed by atoms with Crippen molar-refractivity contribution in [1.29, 1.82) is 0 Å². The van der Waals surface area contributed by atoms with Crippen molar-refractivity contribution in [2.45, 2.75) is 82.6 Å². The van der Waals surface area contributed by atoms with E-state index < -0.39 is 43.3 Å². The number of aromatic hydroxyl groups is 1. The van der Waals surface area contributed by atoms with Crippen LogP contribution in [-0.4, -0.2) is 69.9 Å². The van der Waals surface area contributed by atoms with Crippen molar-refractivity contribution in [3.8, 4) is 5.75 Å². The Balaban J connectivity index is 1.80. The SMILES string of the molecule is CC/C(=C\C(=O)CC(C=O)CCCCCc1ccc(O)cc1)OC1OC(CO)C(F)C(O)C1O. The van der Waals surface area contributed by atoms with Crippen molar-refractivity contribution in [2.24, 2.45) is 5.92 Å². The third-order valence-electron chi connectivity index (χ3n) is 5.87. The fourth-order valence-electron chi connectivity index (χ4n) is 3.80. The summed E-state index contributed by atoms with van der Waals surface area (Å²) in [5, 5.41) is 38.3. The first-order valence-electron chi connectivity index (χ1n) is 11.7. The molecule has 1 aliphatic heterocycles. The summed E-state index contributed by atoms with van der Waals surface area (Å²) in [7, 11) is 0. The minimum absolute atomic E-state index is 0.0108. The molecule has 2 rings (SSSR count). The number of hydrogen-bond acceptors (Lipinski definition) is 8. The fraction of sp³-hybridized carbons (Fsp3) is 0.600. The number of carbonyl (C=O) groups excluding carboxylic acids is 2. The largest absolute Gasteiger partial charge is 0.508 e. The Morgan fingerprint density at radius 3 is 2.50 bits per heavy atom. The lowest BCUT2D eigenvalue weighted by Gasteiger charge is -2.38. The first kappa shape index (κ1) is 27.9. The number of aliphatic hydroxyl groups excluding tert-OH is 3. The highest BCUT2D eigenvalue weighted by molar-refractivity contribution is 5.91. The average Bonchev–Trinajstić information content (AvgIpc) is 2.83. The van der Waals surface area contributed by atoms with Gasteiger partial charge in [0, 0.05) is 24.8 Å². The molecule has 0 aliphatic carbocycles. The third kappa shape index (κ3) is 8.47. The molecule has 190 valence electrons. The number of unbranched alkanes of at least 4 members (excludes halogenated alkanes) is 2. The lowest BCUT2D eigenvalue weighted by molar-refractivity contribution is -0.280.